The van der Waals surface area contributed by atoms with Crippen molar-refractivity contribution in [2.24, 2.45) is 5.73 Å². The lowest BCUT2D eigenvalue weighted by Gasteiger charge is -2.11. The lowest BCUT2D eigenvalue weighted by Crippen LogP contribution is -2.15. The predicted octanol–water partition coefficient (Wildman–Crippen LogP) is 2.49. The summed E-state index contributed by atoms with van der Waals surface area (Å²) in [4.78, 5) is 15.2. The first-order chi connectivity index (χ1) is 9.60. The van der Waals surface area contributed by atoms with Gasteiger partial charge >= 0.3 is 0 Å². The number of primary amides is 1. The number of nitrogens with zero attached hydrogens (tertiary/aromatic N) is 1. The molecule has 0 fully saturated rings. The van der Waals surface area contributed by atoms with Gasteiger partial charge in [-0.2, -0.15) is 0 Å². The van der Waals surface area contributed by atoms with Crippen molar-refractivity contribution in [1.82, 2.24) is 4.98 Å². The fourth-order valence-electron chi connectivity index (χ4n) is 1.81. The first kappa shape index (κ1) is 14.1. The Labute approximate surface area is 122 Å². The Bertz CT molecular complexity index is 630. The molecule has 0 bridgehead atoms. The monoisotopic (exact) mass is 290 g/mol. The summed E-state index contributed by atoms with van der Waals surface area (Å²) in [6.45, 7) is 0.552. The van der Waals surface area contributed by atoms with Crippen molar-refractivity contribution in [1.29, 1.82) is 0 Å². The molecule has 0 atom stereocenters. The number of pyridine rings is 1. The number of nitrogens with one attached hydrogen (secondary N) is 2. The number of hydrogen-bond acceptors (Lipinski definition) is 4. The number of nitrogens with two attached hydrogens (primary N) is 1. The van der Waals surface area contributed by atoms with Crippen LogP contribution in [0.15, 0.2) is 36.5 Å². The molecule has 2 aromatic rings. The fraction of sp³-hybridized carbons (Fsp3) is 0.143. The van der Waals surface area contributed by atoms with E-state index in [4.69, 9.17) is 17.3 Å². The van der Waals surface area contributed by atoms with Crippen LogP contribution in [-0.4, -0.2) is 17.9 Å². The van der Waals surface area contributed by atoms with E-state index in [1.807, 2.05) is 31.3 Å². The number of hydrogen-bond donors (Lipinski definition) is 3. The van der Waals surface area contributed by atoms with Gasteiger partial charge in [0.25, 0.3) is 5.91 Å². The summed E-state index contributed by atoms with van der Waals surface area (Å²) in [5, 5.41) is 6.53. The van der Waals surface area contributed by atoms with Crippen LogP contribution < -0.4 is 16.4 Å². The highest BCUT2D eigenvalue weighted by atomic mass is 35.5. The zero-order valence-corrected chi connectivity index (χ0v) is 11.7. The van der Waals surface area contributed by atoms with Crippen LogP contribution in [0.2, 0.25) is 5.15 Å². The summed E-state index contributed by atoms with van der Waals surface area (Å²) in [5.41, 5.74) is 8.29. The molecule has 0 aliphatic carbocycles. The summed E-state index contributed by atoms with van der Waals surface area (Å²) in [6.07, 6.45) is 1.37. The Morgan fingerprint density at radius 1 is 1.40 bits per heavy atom. The maximum Gasteiger partial charge on any atom is 0.252 e. The Balaban J connectivity index is 2.17. The van der Waals surface area contributed by atoms with Crippen molar-refractivity contribution in [2.45, 2.75) is 6.54 Å². The normalized spacial score (nSPS) is 10.1. The van der Waals surface area contributed by atoms with Crippen LogP contribution in [0.4, 0.5) is 11.4 Å². The highest BCUT2D eigenvalue weighted by Gasteiger charge is 2.09. The van der Waals surface area contributed by atoms with Crippen LogP contribution in [0.5, 0.6) is 0 Å². The van der Waals surface area contributed by atoms with E-state index >= 15 is 0 Å². The fourth-order valence-corrected chi connectivity index (χ4v) is 1.96. The van der Waals surface area contributed by atoms with Crippen molar-refractivity contribution in [2.75, 3.05) is 17.7 Å². The number of benzene rings is 1. The maximum atomic E-state index is 11.3. The van der Waals surface area contributed by atoms with E-state index in [1.165, 1.54) is 6.20 Å². The van der Waals surface area contributed by atoms with Gasteiger partial charge in [0.2, 0.25) is 0 Å². The third-order valence-electron chi connectivity index (χ3n) is 2.83. The van der Waals surface area contributed by atoms with Gasteiger partial charge in [-0.05, 0) is 23.8 Å². The molecular formula is C14H15ClN4O. The Kier molecular flexibility index (Phi) is 4.42. The zero-order chi connectivity index (χ0) is 14.5. The lowest BCUT2D eigenvalue weighted by atomic mass is 10.1. The van der Waals surface area contributed by atoms with E-state index in [9.17, 15) is 4.79 Å². The smallest absolute Gasteiger partial charge is 0.252 e. The number of aromatic nitrogens is 1. The largest absolute Gasteiger partial charge is 0.388 e. The molecule has 1 aromatic carbocycles. The molecule has 5 nitrogen and oxygen atoms in total. The van der Waals surface area contributed by atoms with Crippen molar-refractivity contribution in [3.63, 3.8) is 0 Å². The van der Waals surface area contributed by atoms with Gasteiger partial charge in [-0.15, -0.1) is 0 Å². The van der Waals surface area contributed by atoms with Crippen molar-refractivity contribution in [3.05, 3.63) is 52.8 Å². The molecule has 0 spiro atoms. The first-order valence-electron chi connectivity index (χ1n) is 6.06. The van der Waals surface area contributed by atoms with E-state index in [0.717, 1.165) is 11.3 Å². The minimum atomic E-state index is -0.541. The van der Waals surface area contributed by atoms with Gasteiger partial charge in [0.15, 0.2) is 0 Å². The third kappa shape index (κ3) is 3.39. The quantitative estimate of drug-likeness (QED) is 0.739. The summed E-state index contributed by atoms with van der Waals surface area (Å²) < 4.78 is 0. The molecule has 1 amide bonds. The molecule has 0 aliphatic heterocycles. The van der Waals surface area contributed by atoms with E-state index in [1.54, 1.807) is 6.07 Å². The molecule has 20 heavy (non-hydrogen) atoms. The van der Waals surface area contributed by atoms with Gasteiger partial charge in [-0.25, -0.2) is 4.98 Å². The molecule has 1 heterocycles. The summed E-state index contributed by atoms with van der Waals surface area (Å²) in [6, 6.07) is 9.52. The second-order valence-electron chi connectivity index (χ2n) is 4.22. The topological polar surface area (TPSA) is 80.0 Å². The number of anilines is 2. The van der Waals surface area contributed by atoms with Crippen LogP contribution >= 0.6 is 11.6 Å². The average molecular weight is 291 g/mol. The van der Waals surface area contributed by atoms with Crippen molar-refractivity contribution >= 4 is 28.9 Å². The molecule has 0 saturated carbocycles. The minimum Gasteiger partial charge on any atom is -0.388 e. The van der Waals surface area contributed by atoms with Crippen molar-refractivity contribution < 1.29 is 4.79 Å². The first-order valence-corrected chi connectivity index (χ1v) is 6.44. The van der Waals surface area contributed by atoms with Gasteiger partial charge in [0, 0.05) is 25.5 Å². The molecule has 4 N–H and O–H groups in total. The molecule has 0 unspecified atom stereocenters. The van der Waals surface area contributed by atoms with Gasteiger partial charge < -0.3 is 16.4 Å². The van der Waals surface area contributed by atoms with E-state index in [-0.39, 0.29) is 0 Å². The Hall–Kier alpha value is -2.27. The van der Waals surface area contributed by atoms with Gasteiger partial charge in [-0.1, -0.05) is 23.7 Å². The highest BCUT2D eigenvalue weighted by Crippen LogP contribution is 2.19. The average Bonchev–Trinajstić information content (AvgIpc) is 2.45. The number of rotatable bonds is 5. The van der Waals surface area contributed by atoms with E-state index in [0.29, 0.717) is 22.9 Å². The predicted molar refractivity (Wildman–Crippen MR) is 81.1 cm³/mol. The minimum absolute atomic E-state index is 0.307. The summed E-state index contributed by atoms with van der Waals surface area (Å²) >= 11 is 5.84. The molecule has 2 rings (SSSR count). The van der Waals surface area contributed by atoms with Crippen LogP contribution in [0.25, 0.3) is 0 Å². The summed E-state index contributed by atoms with van der Waals surface area (Å²) in [5.74, 6) is -0.541. The molecule has 6 heteroatoms. The molecular weight excluding hydrogens is 276 g/mol. The Morgan fingerprint density at radius 3 is 2.90 bits per heavy atom. The summed E-state index contributed by atoms with van der Waals surface area (Å²) in [7, 11) is 1.86. The number of amides is 1. The van der Waals surface area contributed by atoms with Crippen LogP contribution in [0.1, 0.15) is 15.9 Å². The van der Waals surface area contributed by atoms with Gasteiger partial charge in [0.05, 0.1) is 11.3 Å². The molecule has 0 aliphatic rings. The van der Waals surface area contributed by atoms with Crippen molar-refractivity contribution in [3.8, 4) is 0 Å². The van der Waals surface area contributed by atoms with Crippen LogP contribution in [0, 0.1) is 0 Å². The standard InChI is InChI=1S/C14H15ClN4O/c1-17-10-4-2-3-9(5-10)7-18-12-6-13(15)19-8-11(12)14(16)20/h2-6,8,17H,7H2,1H3,(H2,16,20)(H,18,19). The van der Waals surface area contributed by atoms with Crippen LogP contribution in [0.3, 0.4) is 0 Å². The SMILES string of the molecule is CNc1cccc(CNc2cc(Cl)ncc2C(N)=O)c1. The van der Waals surface area contributed by atoms with Gasteiger partial charge in [0.1, 0.15) is 5.15 Å². The number of carbonyl (C=O) groups excluding carboxylic acids is 1. The molecule has 1 aromatic heterocycles. The van der Waals surface area contributed by atoms with Gasteiger partial charge in [-0.3, -0.25) is 4.79 Å². The maximum absolute atomic E-state index is 11.3. The second kappa shape index (κ2) is 6.25. The Morgan fingerprint density at radius 2 is 2.20 bits per heavy atom. The number of carbonyl (C=O) groups is 1. The number of halogens is 1. The lowest BCUT2D eigenvalue weighted by molar-refractivity contribution is 0.100. The van der Waals surface area contributed by atoms with Crippen LogP contribution in [-0.2, 0) is 6.54 Å². The molecule has 0 saturated heterocycles. The third-order valence-corrected chi connectivity index (χ3v) is 3.04. The molecule has 0 radical (unpaired) electrons. The van der Waals surface area contributed by atoms with E-state index < -0.39 is 5.91 Å². The zero-order valence-electron chi connectivity index (χ0n) is 11.0. The second-order valence-corrected chi connectivity index (χ2v) is 4.61. The van der Waals surface area contributed by atoms with E-state index in [2.05, 4.69) is 15.6 Å². The molecule has 104 valence electrons. The highest BCUT2D eigenvalue weighted by molar-refractivity contribution is 6.29.